The van der Waals surface area contributed by atoms with E-state index >= 15 is 0 Å². The van der Waals surface area contributed by atoms with E-state index in [1.165, 1.54) is 16.9 Å². The van der Waals surface area contributed by atoms with Gasteiger partial charge in [0.1, 0.15) is 12.4 Å². The molecule has 0 atom stereocenters. The number of carbonyl (C=O) groups excluding carboxylic acids is 1. The molecule has 1 amide bonds. The molecule has 2 aromatic heterocycles. The van der Waals surface area contributed by atoms with Gasteiger partial charge in [0.2, 0.25) is 5.91 Å². The molecule has 2 heterocycles. The van der Waals surface area contributed by atoms with Crippen molar-refractivity contribution in [3.8, 4) is 0 Å². The first-order valence-corrected chi connectivity index (χ1v) is 6.09. The second-order valence-electron chi connectivity index (χ2n) is 4.00. The lowest BCUT2D eigenvalue weighted by atomic mass is 10.5. The molecule has 21 heavy (non-hydrogen) atoms. The predicted octanol–water partition coefficient (Wildman–Crippen LogP) is -0.190. The largest absolute Gasteiger partial charge is 0.389 e. The zero-order valence-electron chi connectivity index (χ0n) is 11.0. The van der Waals surface area contributed by atoms with Crippen molar-refractivity contribution >= 4 is 17.5 Å². The Morgan fingerprint density at radius 1 is 1.38 bits per heavy atom. The van der Waals surface area contributed by atoms with Crippen LogP contribution < -0.4 is 10.6 Å². The Balaban J connectivity index is 1.68. The van der Waals surface area contributed by atoms with Crippen LogP contribution in [-0.4, -0.2) is 43.7 Å². The number of amides is 1. The summed E-state index contributed by atoms with van der Waals surface area (Å²) in [6, 6.07) is 1.24. The van der Waals surface area contributed by atoms with Crippen LogP contribution in [0.3, 0.4) is 0 Å². The van der Waals surface area contributed by atoms with E-state index in [2.05, 4.69) is 25.7 Å². The molecular formula is C11H13N7O3. The van der Waals surface area contributed by atoms with Gasteiger partial charge in [-0.1, -0.05) is 0 Å². The van der Waals surface area contributed by atoms with E-state index < -0.39 is 4.92 Å². The molecule has 0 aliphatic carbocycles. The van der Waals surface area contributed by atoms with Gasteiger partial charge in [0.15, 0.2) is 0 Å². The minimum absolute atomic E-state index is 0.0705. The van der Waals surface area contributed by atoms with Gasteiger partial charge in [-0.25, -0.2) is 4.98 Å². The lowest BCUT2D eigenvalue weighted by Gasteiger charge is -2.06. The van der Waals surface area contributed by atoms with Crippen molar-refractivity contribution in [2.24, 2.45) is 0 Å². The fourth-order valence-electron chi connectivity index (χ4n) is 1.52. The van der Waals surface area contributed by atoms with Crippen LogP contribution in [0.2, 0.25) is 0 Å². The average molecular weight is 291 g/mol. The van der Waals surface area contributed by atoms with Crippen molar-refractivity contribution in [2.45, 2.75) is 6.54 Å². The number of rotatable bonds is 7. The first-order chi connectivity index (χ1) is 10.1. The Labute approximate surface area is 119 Å². The minimum atomic E-state index is -0.612. The molecule has 110 valence electrons. The van der Waals surface area contributed by atoms with Gasteiger partial charge in [0, 0.05) is 25.5 Å². The van der Waals surface area contributed by atoms with E-state index in [0.717, 1.165) is 0 Å². The van der Waals surface area contributed by atoms with E-state index in [1.807, 2.05) is 0 Å². The smallest absolute Gasteiger partial charge is 0.367 e. The molecule has 0 aliphatic heterocycles. The number of hydrogen-bond donors (Lipinski definition) is 2. The summed E-state index contributed by atoms with van der Waals surface area (Å²) in [7, 11) is 0. The van der Waals surface area contributed by atoms with Crippen LogP contribution in [0, 0.1) is 10.1 Å². The van der Waals surface area contributed by atoms with E-state index in [0.29, 0.717) is 18.9 Å². The Hall–Kier alpha value is -3.04. The molecule has 2 aromatic rings. The highest BCUT2D eigenvalue weighted by molar-refractivity contribution is 5.75. The fraction of sp³-hybridized carbons (Fsp3) is 0.273. The molecular weight excluding hydrogens is 278 g/mol. The lowest BCUT2D eigenvalue weighted by Crippen LogP contribution is -2.31. The van der Waals surface area contributed by atoms with Crippen LogP contribution in [0.4, 0.5) is 11.6 Å². The van der Waals surface area contributed by atoms with Gasteiger partial charge in [0.05, 0.1) is 23.6 Å². The van der Waals surface area contributed by atoms with Gasteiger partial charge >= 0.3 is 5.82 Å². The first kappa shape index (κ1) is 14.4. The highest BCUT2D eigenvalue weighted by Gasteiger charge is 2.12. The predicted molar refractivity (Wildman–Crippen MR) is 72.4 cm³/mol. The standard InChI is InChI=1S/C11H13N7O3/c19-11(8-17-6-1-10(16-17)18(20)21)15-5-4-14-9-7-12-2-3-13-9/h1-3,6-7H,4-5,8H2,(H,13,14)(H,15,19). The van der Waals surface area contributed by atoms with Crippen molar-refractivity contribution in [3.05, 3.63) is 41.0 Å². The molecule has 0 unspecified atom stereocenters. The van der Waals surface area contributed by atoms with Crippen molar-refractivity contribution in [3.63, 3.8) is 0 Å². The molecule has 0 aliphatic rings. The third-order valence-electron chi connectivity index (χ3n) is 2.44. The molecule has 2 N–H and O–H groups in total. The summed E-state index contributed by atoms with van der Waals surface area (Å²) < 4.78 is 1.21. The number of nitrogens with one attached hydrogen (secondary N) is 2. The second-order valence-corrected chi connectivity index (χ2v) is 4.00. The molecule has 0 fully saturated rings. The third-order valence-corrected chi connectivity index (χ3v) is 2.44. The molecule has 10 nitrogen and oxygen atoms in total. The third kappa shape index (κ3) is 4.53. The van der Waals surface area contributed by atoms with Crippen molar-refractivity contribution < 1.29 is 9.72 Å². The van der Waals surface area contributed by atoms with Crippen molar-refractivity contribution in [1.82, 2.24) is 25.1 Å². The normalized spacial score (nSPS) is 10.1. The summed E-state index contributed by atoms with van der Waals surface area (Å²) in [6.07, 6.45) is 6.09. The topological polar surface area (TPSA) is 128 Å². The average Bonchev–Trinajstić information content (AvgIpc) is 2.93. The summed E-state index contributed by atoms with van der Waals surface area (Å²) in [5.41, 5.74) is 0. The van der Waals surface area contributed by atoms with E-state index in [-0.39, 0.29) is 18.3 Å². The number of nitro groups is 1. The highest BCUT2D eigenvalue weighted by Crippen LogP contribution is 2.04. The molecule has 2 rings (SSSR count). The van der Waals surface area contributed by atoms with Crippen molar-refractivity contribution in [2.75, 3.05) is 18.4 Å². The zero-order valence-corrected chi connectivity index (χ0v) is 11.0. The van der Waals surface area contributed by atoms with Gasteiger partial charge in [-0.05, 0) is 4.92 Å². The summed E-state index contributed by atoms with van der Waals surface area (Å²) in [4.78, 5) is 29.4. The second kappa shape index (κ2) is 6.93. The lowest BCUT2D eigenvalue weighted by molar-refractivity contribution is -0.389. The fourth-order valence-corrected chi connectivity index (χ4v) is 1.52. The van der Waals surface area contributed by atoms with E-state index in [1.54, 1.807) is 18.6 Å². The quantitative estimate of drug-likeness (QED) is 0.411. The summed E-state index contributed by atoms with van der Waals surface area (Å²) >= 11 is 0. The number of anilines is 1. The maximum atomic E-state index is 11.6. The van der Waals surface area contributed by atoms with Crippen LogP contribution in [0.15, 0.2) is 30.9 Å². The number of aromatic nitrogens is 4. The van der Waals surface area contributed by atoms with Gasteiger partial charge in [-0.3, -0.25) is 9.78 Å². The highest BCUT2D eigenvalue weighted by atomic mass is 16.6. The number of carbonyl (C=O) groups is 1. The number of nitrogens with zero attached hydrogens (tertiary/aromatic N) is 5. The first-order valence-electron chi connectivity index (χ1n) is 6.09. The molecule has 0 bridgehead atoms. The molecule has 0 spiro atoms. The Kier molecular flexibility index (Phi) is 4.75. The minimum Gasteiger partial charge on any atom is -0.367 e. The van der Waals surface area contributed by atoms with E-state index in [9.17, 15) is 14.9 Å². The van der Waals surface area contributed by atoms with Gasteiger partial charge < -0.3 is 20.7 Å². The Morgan fingerprint density at radius 2 is 2.24 bits per heavy atom. The summed E-state index contributed by atoms with van der Waals surface area (Å²) in [6.45, 7) is 0.807. The molecule has 0 saturated heterocycles. The maximum absolute atomic E-state index is 11.6. The van der Waals surface area contributed by atoms with Crippen LogP contribution in [0.1, 0.15) is 0 Å². The molecule has 0 radical (unpaired) electrons. The van der Waals surface area contributed by atoms with Crippen LogP contribution >= 0.6 is 0 Å². The van der Waals surface area contributed by atoms with Gasteiger partial charge in [0.25, 0.3) is 0 Å². The van der Waals surface area contributed by atoms with Crippen LogP contribution in [0.25, 0.3) is 0 Å². The summed E-state index contributed by atoms with van der Waals surface area (Å²) in [5, 5.41) is 19.7. The van der Waals surface area contributed by atoms with Crippen LogP contribution in [0.5, 0.6) is 0 Å². The zero-order chi connectivity index (χ0) is 15.1. The molecule has 0 aromatic carbocycles. The van der Waals surface area contributed by atoms with E-state index in [4.69, 9.17) is 0 Å². The SMILES string of the molecule is O=C(Cn1ccc([N+](=O)[O-])n1)NCCNc1cnccn1. The van der Waals surface area contributed by atoms with Gasteiger partial charge in [-0.15, -0.1) is 0 Å². The Bertz CT molecular complexity index is 613. The molecule has 10 heteroatoms. The summed E-state index contributed by atoms with van der Waals surface area (Å²) in [5.74, 6) is 0.0514. The monoisotopic (exact) mass is 291 g/mol. The number of hydrogen-bond acceptors (Lipinski definition) is 7. The maximum Gasteiger partial charge on any atom is 0.389 e. The van der Waals surface area contributed by atoms with Crippen molar-refractivity contribution in [1.29, 1.82) is 0 Å². The van der Waals surface area contributed by atoms with Gasteiger partial charge in [-0.2, -0.15) is 4.68 Å². The Morgan fingerprint density at radius 3 is 2.90 bits per heavy atom. The molecule has 0 saturated carbocycles. The van der Waals surface area contributed by atoms with Crippen LogP contribution in [-0.2, 0) is 11.3 Å².